The number of carbonyl (C=O) groups excluding carboxylic acids is 1. The third-order valence-electron chi connectivity index (χ3n) is 3.34. The van der Waals surface area contributed by atoms with Crippen LogP contribution in [0, 0.1) is 6.92 Å². The molecule has 1 saturated heterocycles. The van der Waals surface area contributed by atoms with Crippen molar-refractivity contribution in [3.05, 3.63) is 29.8 Å². The van der Waals surface area contributed by atoms with Gasteiger partial charge in [-0.3, -0.25) is 4.79 Å². The lowest BCUT2D eigenvalue weighted by atomic mass is 10.1. The number of aryl methyl sites for hydroxylation is 1. The molecule has 0 bridgehead atoms. The molecule has 0 aliphatic carbocycles. The molecule has 0 spiro atoms. The van der Waals surface area contributed by atoms with Gasteiger partial charge in [-0.25, -0.2) is 0 Å². The van der Waals surface area contributed by atoms with E-state index >= 15 is 0 Å². The smallest absolute Gasteiger partial charge is 0.229 e. The van der Waals surface area contributed by atoms with Crippen LogP contribution in [0.5, 0.6) is 0 Å². The Labute approximate surface area is 126 Å². The Balaban J connectivity index is 0.00000200. The van der Waals surface area contributed by atoms with Crippen molar-refractivity contribution in [2.24, 2.45) is 0 Å². The highest BCUT2D eigenvalue weighted by atomic mass is 35.5. The predicted molar refractivity (Wildman–Crippen MR) is 83.7 cm³/mol. The zero-order valence-electron chi connectivity index (χ0n) is 12.1. The molecule has 1 heterocycles. The molecule has 1 unspecified atom stereocenters. The maximum Gasteiger partial charge on any atom is 0.229 e. The Bertz CT molecular complexity index is 434. The fourth-order valence-corrected chi connectivity index (χ4v) is 2.35. The van der Waals surface area contributed by atoms with Gasteiger partial charge in [0, 0.05) is 25.3 Å². The fraction of sp³-hybridized carbons (Fsp3) is 0.533. The molecule has 1 N–H and O–H groups in total. The van der Waals surface area contributed by atoms with Gasteiger partial charge in [0.25, 0.3) is 0 Å². The molecule has 20 heavy (non-hydrogen) atoms. The van der Waals surface area contributed by atoms with E-state index in [4.69, 9.17) is 4.74 Å². The van der Waals surface area contributed by atoms with Crippen molar-refractivity contribution in [3.8, 4) is 0 Å². The van der Waals surface area contributed by atoms with Gasteiger partial charge in [0.15, 0.2) is 0 Å². The van der Waals surface area contributed by atoms with Gasteiger partial charge in [0.1, 0.15) is 0 Å². The van der Waals surface area contributed by atoms with Crippen LogP contribution in [0.25, 0.3) is 0 Å². The normalized spacial score (nSPS) is 18.2. The number of halogens is 1. The Morgan fingerprint density at radius 1 is 1.50 bits per heavy atom. The number of rotatable bonds is 4. The van der Waals surface area contributed by atoms with Gasteiger partial charge in [-0.05, 0) is 31.5 Å². The van der Waals surface area contributed by atoms with Gasteiger partial charge in [-0.1, -0.05) is 12.1 Å². The van der Waals surface area contributed by atoms with E-state index < -0.39 is 0 Å². The van der Waals surface area contributed by atoms with E-state index in [2.05, 4.69) is 5.32 Å². The van der Waals surface area contributed by atoms with Gasteiger partial charge < -0.3 is 15.0 Å². The van der Waals surface area contributed by atoms with E-state index in [1.807, 2.05) is 43.0 Å². The zero-order valence-corrected chi connectivity index (χ0v) is 12.9. The number of nitrogens with one attached hydrogen (secondary N) is 1. The van der Waals surface area contributed by atoms with Crippen LogP contribution >= 0.6 is 12.4 Å². The summed E-state index contributed by atoms with van der Waals surface area (Å²) in [5, 5.41) is 3.25. The number of amides is 1. The number of anilines is 1. The first-order valence-electron chi connectivity index (χ1n) is 6.90. The summed E-state index contributed by atoms with van der Waals surface area (Å²) in [4.78, 5) is 14.2. The zero-order chi connectivity index (χ0) is 13.7. The summed E-state index contributed by atoms with van der Waals surface area (Å²) in [7, 11) is 0. The molecular weight excluding hydrogens is 276 g/mol. The maximum atomic E-state index is 12.4. The summed E-state index contributed by atoms with van der Waals surface area (Å²) >= 11 is 0. The van der Waals surface area contributed by atoms with E-state index in [9.17, 15) is 4.79 Å². The second-order valence-electron chi connectivity index (χ2n) is 4.88. The van der Waals surface area contributed by atoms with Gasteiger partial charge in [0.05, 0.1) is 19.1 Å². The molecule has 1 aromatic carbocycles. The van der Waals surface area contributed by atoms with Crippen molar-refractivity contribution in [2.45, 2.75) is 26.4 Å². The molecule has 1 aliphatic heterocycles. The minimum Gasteiger partial charge on any atom is -0.375 e. The topological polar surface area (TPSA) is 41.6 Å². The summed E-state index contributed by atoms with van der Waals surface area (Å²) in [5.74, 6) is 0.127. The van der Waals surface area contributed by atoms with Crippen LogP contribution in [0.3, 0.4) is 0 Å². The molecule has 0 aromatic heterocycles. The molecule has 1 aliphatic rings. The molecule has 2 rings (SSSR count). The van der Waals surface area contributed by atoms with Crippen molar-refractivity contribution >= 4 is 24.0 Å². The van der Waals surface area contributed by atoms with Crippen LogP contribution in [0.2, 0.25) is 0 Å². The number of hydrogen-bond donors (Lipinski definition) is 1. The van der Waals surface area contributed by atoms with Gasteiger partial charge in [-0.15, -0.1) is 12.4 Å². The second kappa shape index (κ2) is 8.25. The molecule has 1 atom stereocenters. The SMILES string of the molecule is CCN(C(=O)CC1CNCCO1)c1cccc(C)c1.Cl. The van der Waals surface area contributed by atoms with Crippen LogP contribution in [-0.4, -0.2) is 38.3 Å². The Morgan fingerprint density at radius 3 is 2.90 bits per heavy atom. The van der Waals surface area contributed by atoms with Gasteiger partial charge >= 0.3 is 0 Å². The average molecular weight is 299 g/mol. The van der Waals surface area contributed by atoms with Crippen LogP contribution in [0.1, 0.15) is 18.9 Å². The van der Waals surface area contributed by atoms with Crippen molar-refractivity contribution < 1.29 is 9.53 Å². The van der Waals surface area contributed by atoms with Crippen LogP contribution in [-0.2, 0) is 9.53 Å². The first-order valence-corrected chi connectivity index (χ1v) is 6.90. The highest BCUT2D eigenvalue weighted by molar-refractivity contribution is 5.93. The molecule has 0 radical (unpaired) electrons. The summed E-state index contributed by atoms with van der Waals surface area (Å²) in [6, 6.07) is 8.05. The summed E-state index contributed by atoms with van der Waals surface area (Å²) in [6.07, 6.45) is 0.439. The number of ether oxygens (including phenoxy) is 1. The van der Waals surface area contributed by atoms with Crippen LogP contribution < -0.4 is 10.2 Å². The van der Waals surface area contributed by atoms with Crippen molar-refractivity contribution in [1.82, 2.24) is 5.32 Å². The lowest BCUT2D eigenvalue weighted by molar-refractivity contribution is -0.121. The van der Waals surface area contributed by atoms with E-state index in [0.29, 0.717) is 19.6 Å². The summed E-state index contributed by atoms with van der Waals surface area (Å²) in [6.45, 7) is 7.05. The monoisotopic (exact) mass is 298 g/mol. The number of hydrogen-bond acceptors (Lipinski definition) is 3. The first kappa shape index (κ1) is 17.0. The number of carbonyl (C=O) groups is 1. The number of morpholine rings is 1. The molecule has 5 heteroatoms. The Kier molecular flexibility index (Phi) is 6.99. The first-order chi connectivity index (χ1) is 9.20. The average Bonchev–Trinajstić information content (AvgIpc) is 2.41. The van der Waals surface area contributed by atoms with E-state index in [0.717, 1.165) is 18.8 Å². The largest absolute Gasteiger partial charge is 0.375 e. The van der Waals surface area contributed by atoms with Gasteiger partial charge in [0.2, 0.25) is 5.91 Å². The molecule has 1 amide bonds. The summed E-state index contributed by atoms with van der Waals surface area (Å²) in [5.41, 5.74) is 2.13. The minimum absolute atomic E-state index is 0. The lowest BCUT2D eigenvalue weighted by Crippen LogP contribution is -2.42. The summed E-state index contributed by atoms with van der Waals surface area (Å²) < 4.78 is 5.59. The maximum absolute atomic E-state index is 12.4. The second-order valence-corrected chi connectivity index (χ2v) is 4.88. The molecular formula is C15H23ClN2O2. The van der Waals surface area contributed by atoms with E-state index in [1.54, 1.807) is 0 Å². The van der Waals surface area contributed by atoms with Crippen molar-refractivity contribution in [1.29, 1.82) is 0 Å². The quantitative estimate of drug-likeness (QED) is 0.926. The predicted octanol–water partition coefficient (Wildman–Crippen LogP) is 2.15. The minimum atomic E-state index is 0. The number of nitrogens with zero attached hydrogens (tertiary/aromatic N) is 1. The highest BCUT2D eigenvalue weighted by Gasteiger charge is 2.21. The molecule has 1 fully saturated rings. The van der Waals surface area contributed by atoms with E-state index in [1.165, 1.54) is 5.56 Å². The third-order valence-corrected chi connectivity index (χ3v) is 3.34. The Morgan fingerprint density at radius 2 is 2.30 bits per heavy atom. The molecule has 1 aromatic rings. The van der Waals surface area contributed by atoms with E-state index in [-0.39, 0.29) is 24.4 Å². The van der Waals surface area contributed by atoms with Gasteiger partial charge in [-0.2, -0.15) is 0 Å². The fourth-order valence-electron chi connectivity index (χ4n) is 2.35. The van der Waals surface area contributed by atoms with Crippen molar-refractivity contribution in [2.75, 3.05) is 31.1 Å². The Hall–Kier alpha value is -1.10. The lowest BCUT2D eigenvalue weighted by Gasteiger charge is -2.27. The van der Waals surface area contributed by atoms with Crippen LogP contribution in [0.15, 0.2) is 24.3 Å². The molecule has 0 saturated carbocycles. The van der Waals surface area contributed by atoms with Crippen LogP contribution in [0.4, 0.5) is 5.69 Å². The molecule has 112 valence electrons. The number of benzene rings is 1. The molecule has 4 nitrogen and oxygen atoms in total. The standard InChI is InChI=1S/C15H22N2O2.ClH/c1-3-17(13-6-4-5-12(2)9-13)15(18)10-14-11-16-7-8-19-14;/h4-6,9,14,16H,3,7-8,10-11H2,1-2H3;1H. The van der Waals surface area contributed by atoms with Crippen molar-refractivity contribution in [3.63, 3.8) is 0 Å². The third kappa shape index (κ3) is 4.47. The highest BCUT2D eigenvalue weighted by Crippen LogP contribution is 2.17.